The van der Waals surface area contributed by atoms with Gasteiger partial charge in [0.1, 0.15) is 11.5 Å². The molecule has 1 heterocycles. The summed E-state index contributed by atoms with van der Waals surface area (Å²) >= 11 is 5.39. The number of ether oxygens (including phenoxy) is 2. The summed E-state index contributed by atoms with van der Waals surface area (Å²) in [4.78, 5) is 3.29. The van der Waals surface area contributed by atoms with Crippen LogP contribution in [0.3, 0.4) is 0 Å². The average Bonchev–Trinajstić information content (AvgIpc) is 3.05. The molecule has 3 rings (SSSR count). The number of anilines is 1. The van der Waals surface area contributed by atoms with E-state index in [1.165, 1.54) is 10.9 Å². The molecule has 0 unspecified atom stereocenters. The molecule has 0 spiro atoms. The van der Waals surface area contributed by atoms with Crippen LogP contribution in [0.15, 0.2) is 48.7 Å². The van der Waals surface area contributed by atoms with Gasteiger partial charge in [-0.05, 0) is 42.4 Å². The van der Waals surface area contributed by atoms with Crippen LogP contribution in [0.1, 0.15) is 5.56 Å². The van der Waals surface area contributed by atoms with Crippen molar-refractivity contribution in [2.75, 3.05) is 26.1 Å². The fourth-order valence-electron chi connectivity index (χ4n) is 2.73. The highest BCUT2D eigenvalue weighted by Gasteiger charge is 2.07. The Hall–Kier alpha value is -2.73. The summed E-state index contributed by atoms with van der Waals surface area (Å²) in [6.45, 7) is 0.736. The molecule has 0 fully saturated rings. The smallest absolute Gasteiger partial charge is 0.170 e. The first kappa shape index (κ1) is 17.1. The number of thiocarbonyl (C=S) groups is 1. The van der Waals surface area contributed by atoms with E-state index in [4.69, 9.17) is 21.7 Å². The van der Waals surface area contributed by atoms with E-state index < -0.39 is 0 Å². The van der Waals surface area contributed by atoms with Crippen molar-refractivity contribution in [3.05, 3.63) is 54.2 Å². The van der Waals surface area contributed by atoms with Crippen molar-refractivity contribution in [3.8, 4) is 11.5 Å². The van der Waals surface area contributed by atoms with Crippen LogP contribution in [-0.2, 0) is 6.42 Å². The van der Waals surface area contributed by atoms with Crippen LogP contribution in [0.5, 0.6) is 11.5 Å². The summed E-state index contributed by atoms with van der Waals surface area (Å²) < 4.78 is 10.6. The van der Waals surface area contributed by atoms with Gasteiger partial charge in [0.05, 0.1) is 19.9 Å². The highest BCUT2D eigenvalue weighted by Crippen LogP contribution is 2.28. The van der Waals surface area contributed by atoms with Gasteiger partial charge < -0.3 is 25.1 Å². The SMILES string of the molecule is COc1ccc(OC)c(NC(=S)NCCc2c[nH]c3ccccc23)c1. The first-order valence-corrected chi connectivity index (χ1v) is 8.44. The van der Waals surface area contributed by atoms with Gasteiger partial charge in [-0.1, -0.05) is 18.2 Å². The molecule has 0 bridgehead atoms. The predicted octanol–water partition coefficient (Wildman–Crippen LogP) is 3.71. The Kier molecular flexibility index (Phi) is 5.40. The van der Waals surface area contributed by atoms with Gasteiger partial charge in [-0.3, -0.25) is 0 Å². The second kappa shape index (κ2) is 7.90. The maximum atomic E-state index is 5.39. The lowest BCUT2D eigenvalue weighted by atomic mass is 10.1. The van der Waals surface area contributed by atoms with Crippen molar-refractivity contribution in [1.29, 1.82) is 0 Å². The number of aromatic amines is 1. The number of para-hydroxylation sites is 1. The fourth-order valence-corrected chi connectivity index (χ4v) is 2.94. The average molecular weight is 355 g/mol. The Morgan fingerprint density at radius 2 is 1.96 bits per heavy atom. The van der Waals surface area contributed by atoms with Crippen LogP contribution < -0.4 is 20.1 Å². The molecular weight excluding hydrogens is 334 g/mol. The van der Waals surface area contributed by atoms with Gasteiger partial charge in [-0.25, -0.2) is 0 Å². The zero-order valence-corrected chi connectivity index (χ0v) is 15.1. The molecule has 0 amide bonds. The summed E-state index contributed by atoms with van der Waals surface area (Å²) in [5.74, 6) is 1.45. The molecule has 1 aromatic heterocycles. The summed E-state index contributed by atoms with van der Waals surface area (Å²) in [6.07, 6.45) is 2.93. The molecule has 0 saturated heterocycles. The maximum Gasteiger partial charge on any atom is 0.170 e. The van der Waals surface area contributed by atoms with Crippen molar-refractivity contribution in [2.45, 2.75) is 6.42 Å². The second-order valence-corrected chi connectivity index (χ2v) is 5.96. The first-order chi connectivity index (χ1) is 12.2. The molecular formula is C19H21N3O2S. The lowest BCUT2D eigenvalue weighted by Crippen LogP contribution is -2.30. The van der Waals surface area contributed by atoms with Crippen LogP contribution in [0, 0.1) is 0 Å². The summed E-state index contributed by atoms with van der Waals surface area (Å²) in [5, 5.41) is 8.19. The molecule has 130 valence electrons. The number of fused-ring (bicyclic) bond motifs is 1. The molecule has 3 aromatic rings. The van der Waals surface area contributed by atoms with Crippen LogP contribution in [-0.4, -0.2) is 30.9 Å². The summed E-state index contributed by atoms with van der Waals surface area (Å²) in [6, 6.07) is 13.8. The third-order valence-electron chi connectivity index (χ3n) is 4.01. The van der Waals surface area contributed by atoms with Crippen molar-refractivity contribution in [1.82, 2.24) is 10.3 Å². The quantitative estimate of drug-likeness (QED) is 0.589. The molecule has 6 heteroatoms. The lowest BCUT2D eigenvalue weighted by Gasteiger charge is -2.14. The molecule has 0 saturated carbocycles. The van der Waals surface area contributed by atoms with Gasteiger partial charge >= 0.3 is 0 Å². The number of aromatic nitrogens is 1. The van der Waals surface area contributed by atoms with Crippen LogP contribution in [0.4, 0.5) is 5.69 Å². The molecule has 0 aliphatic heterocycles. The summed E-state index contributed by atoms with van der Waals surface area (Å²) in [7, 11) is 3.25. The van der Waals surface area contributed by atoms with E-state index >= 15 is 0 Å². The Morgan fingerprint density at radius 3 is 2.76 bits per heavy atom. The van der Waals surface area contributed by atoms with Crippen molar-refractivity contribution < 1.29 is 9.47 Å². The molecule has 0 atom stereocenters. The zero-order chi connectivity index (χ0) is 17.6. The van der Waals surface area contributed by atoms with Crippen molar-refractivity contribution in [2.24, 2.45) is 0 Å². The minimum Gasteiger partial charge on any atom is -0.497 e. The minimum absolute atomic E-state index is 0.548. The third kappa shape index (κ3) is 4.03. The normalized spacial score (nSPS) is 10.5. The Labute approximate surface area is 152 Å². The molecule has 2 aromatic carbocycles. The third-order valence-corrected chi connectivity index (χ3v) is 4.26. The molecule has 25 heavy (non-hydrogen) atoms. The van der Waals surface area contributed by atoms with E-state index in [0.717, 1.165) is 29.9 Å². The number of nitrogens with one attached hydrogen (secondary N) is 3. The van der Waals surface area contributed by atoms with Crippen molar-refractivity contribution in [3.63, 3.8) is 0 Å². The number of H-pyrrole nitrogens is 1. The van der Waals surface area contributed by atoms with E-state index in [-0.39, 0.29) is 0 Å². The maximum absolute atomic E-state index is 5.39. The van der Waals surface area contributed by atoms with Gasteiger partial charge in [0.2, 0.25) is 0 Å². The first-order valence-electron chi connectivity index (χ1n) is 8.03. The largest absolute Gasteiger partial charge is 0.497 e. The lowest BCUT2D eigenvalue weighted by molar-refractivity contribution is 0.405. The van der Waals surface area contributed by atoms with E-state index in [1.807, 2.05) is 36.5 Å². The predicted molar refractivity (Wildman–Crippen MR) is 106 cm³/mol. The monoisotopic (exact) mass is 355 g/mol. The molecule has 0 aliphatic rings. The van der Waals surface area contributed by atoms with Crippen LogP contribution >= 0.6 is 12.2 Å². The minimum atomic E-state index is 0.548. The molecule has 0 radical (unpaired) electrons. The molecule has 3 N–H and O–H groups in total. The van der Waals surface area contributed by atoms with Gasteiger partial charge in [-0.15, -0.1) is 0 Å². The Bertz CT molecular complexity index is 876. The van der Waals surface area contributed by atoms with Crippen molar-refractivity contribution >= 4 is 33.9 Å². The number of benzene rings is 2. The Morgan fingerprint density at radius 1 is 1.12 bits per heavy atom. The summed E-state index contributed by atoms with van der Waals surface area (Å²) in [5.41, 5.74) is 3.19. The Balaban J connectivity index is 1.58. The van der Waals surface area contributed by atoms with Gasteiger partial charge in [0, 0.05) is 29.7 Å². The highest BCUT2D eigenvalue weighted by molar-refractivity contribution is 7.80. The van der Waals surface area contributed by atoms with E-state index in [0.29, 0.717) is 10.9 Å². The molecule has 5 nitrogen and oxygen atoms in total. The number of rotatable bonds is 6. The van der Waals surface area contributed by atoms with E-state index in [1.54, 1.807) is 14.2 Å². The number of hydrogen-bond acceptors (Lipinski definition) is 3. The number of hydrogen-bond donors (Lipinski definition) is 3. The van der Waals surface area contributed by atoms with E-state index in [2.05, 4.69) is 27.8 Å². The van der Waals surface area contributed by atoms with Gasteiger partial charge in [0.15, 0.2) is 5.11 Å². The second-order valence-electron chi connectivity index (χ2n) is 5.56. The topological polar surface area (TPSA) is 58.3 Å². The standard InChI is InChI=1S/C19H21N3O2S/c1-23-14-7-8-18(24-2)17(11-14)22-19(25)20-10-9-13-12-21-16-6-4-3-5-15(13)16/h3-8,11-12,21H,9-10H2,1-2H3,(H2,20,22,25). The number of methoxy groups -OCH3 is 2. The zero-order valence-electron chi connectivity index (χ0n) is 14.3. The fraction of sp³-hybridized carbons (Fsp3) is 0.211. The van der Waals surface area contributed by atoms with Gasteiger partial charge in [-0.2, -0.15) is 0 Å². The van der Waals surface area contributed by atoms with E-state index in [9.17, 15) is 0 Å². The van der Waals surface area contributed by atoms with Gasteiger partial charge in [0.25, 0.3) is 0 Å². The van der Waals surface area contributed by atoms with Crippen LogP contribution in [0.2, 0.25) is 0 Å². The highest BCUT2D eigenvalue weighted by atomic mass is 32.1. The van der Waals surface area contributed by atoms with Crippen LogP contribution in [0.25, 0.3) is 10.9 Å². The molecule has 0 aliphatic carbocycles.